The number of fused-ring (bicyclic) bond motifs is 1. The van der Waals surface area contributed by atoms with Crippen molar-refractivity contribution >= 4 is 10.8 Å². The maximum atomic E-state index is 11.8. The lowest BCUT2D eigenvalue weighted by atomic mass is 10.1. The number of aryl methyl sites for hydroxylation is 2. The molecule has 0 atom stereocenters. The van der Waals surface area contributed by atoms with Gasteiger partial charge >= 0.3 is 0 Å². The maximum Gasteiger partial charge on any atom is 0.274 e. The topological polar surface area (TPSA) is 34.9 Å². The molecule has 0 unspecified atom stereocenters. The highest BCUT2D eigenvalue weighted by Crippen LogP contribution is 2.09. The van der Waals surface area contributed by atoms with Crippen LogP contribution in [0.2, 0.25) is 0 Å². The summed E-state index contributed by atoms with van der Waals surface area (Å²) >= 11 is 0. The van der Waals surface area contributed by atoms with Gasteiger partial charge in [-0.3, -0.25) is 4.79 Å². The number of rotatable bonds is 1. The summed E-state index contributed by atoms with van der Waals surface area (Å²) in [5.74, 6) is 0. The van der Waals surface area contributed by atoms with Gasteiger partial charge in [-0.25, -0.2) is 4.68 Å². The number of hydrogen-bond donors (Lipinski definition) is 0. The second-order valence-electron chi connectivity index (χ2n) is 3.36. The van der Waals surface area contributed by atoms with Gasteiger partial charge in [-0.1, -0.05) is 17.7 Å². The molecule has 0 fully saturated rings. The highest BCUT2D eigenvalue weighted by Gasteiger charge is 2.01. The van der Waals surface area contributed by atoms with Crippen LogP contribution < -0.4 is 5.56 Å². The normalized spacial score (nSPS) is 10.7. The first kappa shape index (κ1) is 8.94. The molecule has 0 aliphatic heterocycles. The number of nitrogens with zero attached hydrogens (tertiary/aromatic N) is 2. The summed E-state index contributed by atoms with van der Waals surface area (Å²) in [7, 11) is 0. The van der Waals surface area contributed by atoms with Gasteiger partial charge in [0.2, 0.25) is 0 Å². The highest BCUT2D eigenvalue weighted by atomic mass is 16.1. The van der Waals surface area contributed by atoms with Crippen molar-refractivity contribution in [1.82, 2.24) is 9.78 Å². The molecule has 0 amide bonds. The Bertz CT molecular complexity index is 528. The Kier molecular flexibility index (Phi) is 2.08. The molecule has 2 aromatic rings. The molecule has 1 aromatic carbocycles. The summed E-state index contributed by atoms with van der Waals surface area (Å²) in [6.45, 7) is 4.51. The van der Waals surface area contributed by atoms with Gasteiger partial charge in [-0.15, -0.1) is 0 Å². The first-order chi connectivity index (χ1) is 6.72. The predicted octanol–water partition coefficient (Wildman–Crippen LogP) is 1.72. The van der Waals surface area contributed by atoms with E-state index in [4.69, 9.17) is 0 Å². The third kappa shape index (κ3) is 1.31. The fraction of sp³-hybridized carbons (Fsp3) is 0.273. The van der Waals surface area contributed by atoms with Gasteiger partial charge in [-0.05, 0) is 19.9 Å². The van der Waals surface area contributed by atoms with Gasteiger partial charge in [0.25, 0.3) is 5.56 Å². The van der Waals surface area contributed by atoms with E-state index >= 15 is 0 Å². The van der Waals surface area contributed by atoms with Gasteiger partial charge < -0.3 is 0 Å². The summed E-state index contributed by atoms with van der Waals surface area (Å²) in [6, 6.07) is 5.82. The van der Waals surface area contributed by atoms with Gasteiger partial charge in [0.1, 0.15) is 0 Å². The molecule has 0 aliphatic rings. The van der Waals surface area contributed by atoms with E-state index in [1.165, 1.54) is 4.68 Å². The van der Waals surface area contributed by atoms with Crippen LogP contribution in [0, 0.1) is 6.92 Å². The molecule has 0 saturated heterocycles. The molecular formula is C11H12N2O. The summed E-state index contributed by atoms with van der Waals surface area (Å²) in [5, 5.41) is 5.72. The van der Waals surface area contributed by atoms with E-state index in [9.17, 15) is 4.79 Å². The molecule has 14 heavy (non-hydrogen) atoms. The van der Waals surface area contributed by atoms with Gasteiger partial charge in [-0.2, -0.15) is 5.10 Å². The second kappa shape index (κ2) is 3.25. The Morgan fingerprint density at radius 1 is 1.43 bits per heavy atom. The van der Waals surface area contributed by atoms with Crippen molar-refractivity contribution in [3.05, 3.63) is 40.3 Å². The summed E-state index contributed by atoms with van der Waals surface area (Å²) in [6.07, 6.45) is 1.74. The first-order valence-electron chi connectivity index (χ1n) is 4.69. The van der Waals surface area contributed by atoms with Crippen molar-refractivity contribution in [2.45, 2.75) is 20.4 Å². The molecule has 0 radical (unpaired) electrons. The van der Waals surface area contributed by atoms with E-state index < -0.39 is 0 Å². The molecule has 1 aromatic heterocycles. The largest absolute Gasteiger partial charge is 0.274 e. The van der Waals surface area contributed by atoms with Crippen molar-refractivity contribution in [2.75, 3.05) is 0 Å². The monoisotopic (exact) mass is 188 g/mol. The minimum absolute atomic E-state index is 0.00583. The Morgan fingerprint density at radius 2 is 2.21 bits per heavy atom. The van der Waals surface area contributed by atoms with E-state index in [1.807, 2.05) is 32.0 Å². The van der Waals surface area contributed by atoms with Gasteiger partial charge in [0, 0.05) is 11.9 Å². The molecule has 0 spiro atoms. The van der Waals surface area contributed by atoms with Gasteiger partial charge in [0.15, 0.2) is 0 Å². The van der Waals surface area contributed by atoms with E-state index in [-0.39, 0.29) is 5.56 Å². The van der Waals surface area contributed by atoms with E-state index in [2.05, 4.69) is 5.10 Å². The highest BCUT2D eigenvalue weighted by molar-refractivity contribution is 5.81. The molecule has 2 rings (SSSR count). The fourth-order valence-corrected chi connectivity index (χ4v) is 1.52. The lowest BCUT2D eigenvalue weighted by molar-refractivity contribution is 0.623. The van der Waals surface area contributed by atoms with Gasteiger partial charge in [0.05, 0.1) is 11.6 Å². The Morgan fingerprint density at radius 3 is 2.93 bits per heavy atom. The van der Waals surface area contributed by atoms with Crippen molar-refractivity contribution in [1.29, 1.82) is 0 Å². The van der Waals surface area contributed by atoms with Crippen molar-refractivity contribution in [3.63, 3.8) is 0 Å². The third-order valence-corrected chi connectivity index (χ3v) is 2.31. The van der Waals surface area contributed by atoms with Crippen LogP contribution in [-0.2, 0) is 6.54 Å². The van der Waals surface area contributed by atoms with E-state index in [0.29, 0.717) is 6.54 Å². The van der Waals surface area contributed by atoms with Crippen LogP contribution in [0.4, 0.5) is 0 Å². The maximum absolute atomic E-state index is 11.8. The fourth-order valence-electron chi connectivity index (χ4n) is 1.52. The summed E-state index contributed by atoms with van der Waals surface area (Å²) in [5.41, 5.74) is 1.09. The first-order valence-corrected chi connectivity index (χ1v) is 4.69. The predicted molar refractivity (Wildman–Crippen MR) is 56.4 cm³/mol. The van der Waals surface area contributed by atoms with E-state index in [1.54, 1.807) is 6.20 Å². The standard InChI is InChI=1S/C11H12N2O/c1-3-13-11(14)10-6-8(2)4-5-9(10)7-12-13/h4-7H,3H2,1-2H3. The average molecular weight is 188 g/mol. The van der Waals surface area contributed by atoms with Crippen molar-refractivity contribution < 1.29 is 0 Å². The van der Waals surface area contributed by atoms with Crippen LogP contribution in [0.5, 0.6) is 0 Å². The second-order valence-corrected chi connectivity index (χ2v) is 3.36. The smallest absolute Gasteiger partial charge is 0.267 e. The van der Waals surface area contributed by atoms with Crippen LogP contribution in [0.25, 0.3) is 10.8 Å². The molecule has 1 heterocycles. The van der Waals surface area contributed by atoms with Crippen molar-refractivity contribution in [2.24, 2.45) is 0 Å². The lowest BCUT2D eigenvalue weighted by Gasteiger charge is -2.02. The SMILES string of the molecule is CCn1ncc2ccc(C)cc2c1=O. The minimum Gasteiger partial charge on any atom is -0.267 e. The molecule has 0 bridgehead atoms. The Hall–Kier alpha value is -1.64. The van der Waals surface area contributed by atoms with Crippen molar-refractivity contribution in [3.8, 4) is 0 Å². The summed E-state index contributed by atoms with van der Waals surface area (Å²) in [4.78, 5) is 11.8. The van der Waals surface area contributed by atoms with Crippen LogP contribution in [0.3, 0.4) is 0 Å². The minimum atomic E-state index is -0.00583. The molecule has 72 valence electrons. The zero-order valence-electron chi connectivity index (χ0n) is 8.32. The molecular weight excluding hydrogens is 176 g/mol. The molecule has 3 nitrogen and oxygen atoms in total. The van der Waals surface area contributed by atoms with Crippen LogP contribution in [0.15, 0.2) is 29.2 Å². The Labute approximate surface area is 82.0 Å². The third-order valence-electron chi connectivity index (χ3n) is 2.31. The number of hydrogen-bond acceptors (Lipinski definition) is 2. The quantitative estimate of drug-likeness (QED) is 0.683. The zero-order chi connectivity index (χ0) is 10.1. The molecule has 0 saturated carbocycles. The Balaban J connectivity index is 2.87. The average Bonchev–Trinajstić information content (AvgIpc) is 2.20. The molecule has 0 N–H and O–H groups in total. The zero-order valence-corrected chi connectivity index (χ0v) is 8.32. The van der Waals surface area contributed by atoms with Crippen LogP contribution in [0.1, 0.15) is 12.5 Å². The van der Waals surface area contributed by atoms with Crippen LogP contribution in [-0.4, -0.2) is 9.78 Å². The van der Waals surface area contributed by atoms with E-state index in [0.717, 1.165) is 16.3 Å². The molecule has 3 heteroatoms. The number of benzene rings is 1. The van der Waals surface area contributed by atoms with Crippen LogP contribution >= 0.6 is 0 Å². The summed E-state index contributed by atoms with van der Waals surface area (Å²) < 4.78 is 1.47. The molecule has 0 aliphatic carbocycles. The number of aromatic nitrogens is 2. The lowest BCUT2D eigenvalue weighted by Crippen LogP contribution is -2.21.